The van der Waals surface area contributed by atoms with Gasteiger partial charge >= 0.3 is 0 Å². The van der Waals surface area contributed by atoms with Gasteiger partial charge in [0.25, 0.3) is 0 Å². The number of unbranched alkanes of at least 4 members (excludes halogenated alkanes) is 13. The molecule has 1 amide bonds. The average molecular weight is 340 g/mol. The number of primary amides is 1. The number of amides is 1. The summed E-state index contributed by atoms with van der Waals surface area (Å²) in [6.45, 7) is 3.10. The monoisotopic (exact) mass is 339 g/mol. The SMILES string of the molecule is CCCCCCCCCCCCCCCCC(CC1CO1)C(N)=O. The van der Waals surface area contributed by atoms with Gasteiger partial charge in [-0.3, -0.25) is 4.79 Å². The van der Waals surface area contributed by atoms with Crippen molar-refractivity contribution in [3.63, 3.8) is 0 Å². The molecule has 1 aliphatic rings. The van der Waals surface area contributed by atoms with Crippen LogP contribution < -0.4 is 5.73 Å². The standard InChI is InChI=1S/C21H41NO2/c1-2-3-4-5-6-7-8-9-10-11-12-13-14-15-16-19(21(22)23)17-20-18-24-20/h19-20H,2-18H2,1H3,(H2,22,23). The van der Waals surface area contributed by atoms with E-state index in [1.807, 2.05) is 0 Å². The molecule has 2 N–H and O–H groups in total. The highest BCUT2D eigenvalue weighted by atomic mass is 16.6. The molecule has 3 nitrogen and oxygen atoms in total. The first-order valence-corrected chi connectivity index (χ1v) is 10.6. The number of epoxide rings is 1. The topological polar surface area (TPSA) is 55.6 Å². The Kier molecular flexibility index (Phi) is 13.2. The third-order valence-corrected chi connectivity index (χ3v) is 5.26. The smallest absolute Gasteiger partial charge is 0.220 e. The van der Waals surface area contributed by atoms with E-state index < -0.39 is 0 Å². The minimum Gasteiger partial charge on any atom is -0.373 e. The molecular weight excluding hydrogens is 298 g/mol. The Balaban J connectivity index is 1.77. The van der Waals surface area contributed by atoms with Crippen molar-refractivity contribution in [2.45, 2.75) is 116 Å². The van der Waals surface area contributed by atoms with E-state index in [0.717, 1.165) is 25.9 Å². The second-order valence-electron chi connectivity index (χ2n) is 7.68. The van der Waals surface area contributed by atoms with Crippen LogP contribution in [0, 0.1) is 5.92 Å². The molecule has 1 fully saturated rings. The lowest BCUT2D eigenvalue weighted by Gasteiger charge is -2.11. The van der Waals surface area contributed by atoms with Crippen molar-refractivity contribution in [2.75, 3.05) is 6.61 Å². The zero-order valence-corrected chi connectivity index (χ0v) is 16.1. The highest BCUT2D eigenvalue weighted by Crippen LogP contribution is 2.23. The van der Waals surface area contributed by atoms with E-state index in [4.69, 9.17) is 10.5 Å². The van der Waals surface area contributed by atoms with E-state index in [0.29, 0.717) is 6.10 Å². The number of carbonyl (C=O) groups is 1. The summed E-state index contributed by atoms with van der Waals surface area (Å²) in [5, 5.41) is 0. The maximum absolute atomic E-state index is 11.4. The minimum atomic E-state index is -0.139. The Labute approximate surface area is 150 Å². The Morgan fingerprint density at radius 1 is 0.875 bits per heavy atom. The molecule has 0 aromatic rings. The molecule has 24 heavy (non-hydrogen) atoms. The molecule has 0 aliphatic carbocycles. The van der Waals surface area contributed by atoms with Crippen LogP contribution in [0.1, 0.15) is 110 Å². The zero-order valence-electron chi connectivity index (χ0n) is 16.1. The van der Waals surface area contributed by atoms with Crippen molar-refractivity contribution < 1.29 is 9.53 Å². The summed E-state index contributed by atoms with van der Waals surface area (Å²) in [4.78, 5) is 11.4. The van der Waals surface area contributed by atoms with E-state index in [9.17, 15) is 4.79 Å². The van der Waals surface area contributed by atoms with Gasteiger partial charge in [-0.05, 0) is 12.8 Å². The summed E-state index contributed by atoms with van der Waals surface area (Å²) in [6.07, 6.45) is 21.3. The number of ether oxygens (including phenoxy) is 1. The van der Waals surface area contributed by atoms with Crippen LogP contribution >= 0.6 is 0 Å². The van der Waals surface area contributed by atoms with Crippen LogP contribution in [0.2, 0.25) is 0 Å². The molecule has 0 spiro atoms. The van der Waals surface area contributed by atoms with Gasteiger partial charge in [0.1, 0.15) is 0 Å². The molecule has 0 bridgehead atoms. The van der Waals surface area contributed by atoms with Gasteiger partial charge in [0.2, 0.25) is 5.91 Å². The molecule has 0 aromatic heterocycles. The molecule has 0 radical (unpaired) electrons. The van der Waals surface area contributed by atoms with Gasteiger partial charge in [-0.2, -0.15) is 0 Å². The van der Waals surface area contributed by atoms with Gasteiger partial charge in [0.15, 0.2) is 0 Å². The van der Waals surface area contributed by atoms with Crippen molar-refractivity contribution in [2.24, 2.45) is 11.7 Å². The van der Waals surface area contributed by atoms with Crippen LogP contribution in [0.3, 0.4) is 0 Å². The Bertz CT molecular complexity index is 302. The van der Waals surface area contributed by atoms with E-state index in [1.165, 1.54) is 83.5 Å². The summed E-state index contributed by atoms with van der Waals surface area (Å²) < 4.78 is 5.21. The molecule has 1 aliphatic heterocycles. The summed E-state index contributed by atoms with van der Waals surface area (Å²) in [5.74, 6) is -0.102. The van der Waals surface area contributed by atoms with Crippen molar-refractivity contribution >= 4 is 5.91 Å². The lowest BCUT2D eigenvalue weighted by Crippen LogP contribution is -2.24. The highest BCUT2D eigenvalue weighted by molar-refractivity contribution is 5.76. The van der Waals surface area contributed by atoms with Gasteiger partial charge in [-0.25, -0.2) is 0 Å². The maximum Gasteiger partial charge on any atom is 0.220 e. The predicted octanol–water partition coefficient (Wildman–Crippen LogP) is 5.75. The third kappa shape index (κ3) is 12.8. The lowest BCUT2D eigenvalue weighted by molar-refractivity contribution is -0.122. The van der Waals surface area contributed by atoms with Crippen LogP contribution in [0.15, 0.2) is 0 Å². The first-order chi connectivity index (χ1) is 11.7. The molecule has 0 aromatic carbocycles. The lowest BCUT2D eigenvalue weighted by atomic mass is 9.95. The number of rotatable bonds is 18. The zero-order chi connectivity index (χ0) is 17.5. The fourth-order valence-electron chi connectivity index (χ4n) is 3.48. The van der Waals surface area contributed by atoms with Gasteiger partial charge in [-0.1, -0.05) is 96.8 Å². The van der Waals surface area contributed by atoms with Crippen LogP contribution in [0.25, 0.3) is 0 Å². The van der Waals surface area contributed by atoms with Crippen LogP contribution in [-0.4, -0.2) is 18.6 Å². The quantitative estimate of drug-likeness (QED) is 0.255. The maximum atomic E-state index is 11.4. The predicted molar refractivity (Wildman–Crippen MR) is 102 cm³/mol. The molecule has 2 atom stereocenters. The minimum absolute atomic E-state index is 0.0369. The summed E-state index contributed by atoms with van der Waals surface area (Å²) >= 11 is 0. The summed E-state index contributed by atoms with van der Waals surface area (Å²) in [6, 6.07) is 0. The molecule has 2 unspecified atom stereocenters. The molecule has 0 saturated carbocycles. The Morgan fingerprint density at radius 3 is 1.67 bits per heavy atom. The number of carbonyl (C=O) groups excluding carboxylic acids is 1. The van der Waals surface area contributed by atoms with Crippen molar-refractivity contribution in [1.29, 1.82) is 0 Å². The molecule has 1 saturated heterocycles. The van der Waals surface area contributed by atoms with Gasteiger partial charge in [0, 0.05) is 5.92 Å². The molecule has 1 rings (SSSR count). The van der Waals surface area contributed by atoms with Crippen LogP contribution in [0.5, 0.6) is 0 Å². The van der Waals surface area contributed by atoms with E-state index in [1.54, 1.807) is 0 Å². The van der Waals surface area contributed by atoms with Crippen molar-refractivity contribution in [3.8, 4) is 0 Å². The van der Waals surface area contributed by atoms with Gasteiger partial charge in [-0.15, -0.1) is 0 Å². The molecular formula is C21H41NO2. The first-order valence-electron chi connectivity index (χ1n) is 10.6. The highest BCUT2D eigenvalue weighted by Gasteiger charge is 2.28. The largest absolute Gasteiger partial charge is 0.373 e. The van der Waals surface area contributed by atoms with Crippen molar-refractivity contribution in [3.05, 3.63) is 0 Å². The van der Waals surface area contributed by atoms with E-state index in [-0.39, 0.29) is 11.8 Å². The number of nitrogens with two attached hydrogens (primary N) is 1. The molecule has 3 heteroatoms. The van der Waals surface area contributed by atoms with Crippen LogP contribution in [0.4, 0.5) is 0 Å². The number of hydrogen-bond acceptors (Lipinski definition) is 2. The Hall–Kier alpha value is -0.570. The van der Waals surface area contributed by atoms with E-state index in [2.05, 4.69) is 6.92 Å². The average Bonchev–Trinajstić information content (AvgIpc) is 3.38. The molecule has 142 valence electrons. The third-order valence-electron chi connectivity index (χ3n) is 5.26. The second kappa shape index (κ2) is 14.7. The van der Waals surface area contributed by atoms with Crippen molar-refractivity contribution in [1.82, 2.24) is 0 Å². The van der Waals surface area contributed by atoms with Crippen LogP contribution in [-0.2, 0) is 9.53 Å². The van der Waals surface area contributed by atoms with E-state index >= 15 is 0 Å². The van der Waals surface area contributed by atoms with Gasteiger partial charge in [0.05, 0.1) is 12.7 Å². The summed E-state index contributed by atoms with van der Waals surface area (Å²) in [5.41, 5.74) is 5.47. The normalized spacial score (nSPS) is 17.8. The Morgan fingerprint density at radius 2 is 1.29 bits per heavy atom. The second-order valence-corrected chi connectivity index (χ2v) is 7.68. The fourth-order valence-corrected chi connectivity index (χ4v) is 3.48. The van der Waals surface area contributed by atoms with Gasteiger partial charge < -0.3 is 10.5 Å². The summed E-state index contributed by atoms with van der Waals surface area (Å²) in [7, 11) is 0. The fraction of sp³-hybridized carbons (Fsp3) is 0.952. The first kappa shape index (κ1) is 21.5. The molecule has 1 heterocycles. The number of hydrogen-bond donors (Lipinski definition) is 1.